The van der Waals surface area contributed by atoms with Crippen molar-refractivity contribution in [1.29, 1.82) is 0 Å². The monoisotopic (exact) mass is 232 g/mol. The van der Waals surface area contributed by atoms with E-state index < -0.39 is 0 Å². The van der Waals surface area contributed by atoms with Crippen LogP contribution in [-0.2, 0) is 0 Å². The van der Waals surface area contributed by atoms with E-state index in [4.69, 9.17) is 0 Å². The highest BCUT2D eigenvalue weighted by Gasteiger charge is 2.12. The van der Waals surface area contributed by atoms with Gasteiger partial charge in [-0.15, -0.1) is 0 Å². The van der Waals surface area contributed by atoms with Crippen molar-refractivity contribution >= 4 is 5.69 Å². The van der Waals surface area contributed by atoms with E-state index in [0.29, 0.717) is 0 Å². The lowest BCUT2D eigenvalue weighted by Crippen LogP contribution is -2.31. The molecule has 0 amide bonds. The van der Waals surface area contributed by atoms with Crippen molar-refractivity contribution < 1.29 is 0 Å². The molecule has 94 valence electrons. The molecule has 1 aliphatic heterocycles. The first-order chi connectivity index (χ1) is 8.16. The number of nitrogens with one attached hydrogen (secondary N) is 2. The van der Waals surface area contributed by atoms with Gasteiger partial charge in [-0.05, 0) is 75.4 Å². The third kappa shape index (κ3) is 3.22. The molecule has 1 fully saturated rings. The van der Waals surface area contributed by atoms with Gasteiger partial charge in [0.2, 0.25) is 0 Å². The molecule has 1 aromatic rings. The molecule has 0 saturated carbocycles. The number of hydrogen-bond donors (Lipinski definition) is 2. The Bertz CT molecular complexity index is 379. The fourth-order valence-electron chi connectivity index (χ4n) is 2.49. The Morgan fingerprint density at radius 2 is 1.71 bits per heavy atom. The van der Waals surface area contributed by atoms with Crippen molar-refractivity contribution in [1.82, 2.24) is 5.32 Å². The van der Waals surface area contributed by atoms with Gasteiger partial charge >= 0.3 is 0 Å². The molecule has 1 aliphatic rings. The van der Waals surface area contributed by atoms with Gasteiger partial charge < -0.3 is 10.6 Å². The van der Waals surface area contributed by atoms with Crippen LogP contribution in [0.25, 0.3) is 0 Å². The third-order valence-corrected chi connectivity index (χ3v) is 3.88. The van der Waals surface area contributed by atoms with Gasteiger partial charge in [0, 0.05) is 12.2 Å². The van der Waals surface area contributed by atoms with Crippen LogP contribution in [0.2, 0.25) is 0 Å². The molecule has 0 unspecified atom stereocenters. The molecule has 17 heavy (non-hydrogen) atoms. The van der Waals surface area contributed by atoms with Crippen LogP contribution in [0, 0.1) is 26.7 Å². The Balaban J connectivity index is 1.96. The average molecular weight is 232 g/mol. The summed E-state index contributed by atoms with van der Waals surface area (Å²) in [6.07, 6.45) is 2.60. The topological polar surface area (TPSA) is 24.1 Å². The van der Waals surface area contributed by atoms with Crippen LogP contribution >= 0.6 is 0 Å². The summed E-state index contributed by atoms with van der Waals surface area (Å²) in [5.74, 6) is 0.831. The molecular formula is C15H24N2. The Morgan fingerprint density at radius 1 is 1.06 bits per heavy atom. The van der Waals surface area contributed by atoms with Crippen molar-refractivity contribution in [3.8, 4) is 0 Å². The van der Waals surface area contributed by atoms with Gasteiger partial charge in [0.15, 0.2) is 0 Å². The minimum absolute atomic E-state index is 0.831. The lowest BCUT2D eigenvalue weighted by Gasteiger charge is -2.24. The summed E-state index contributed by atoms with van der Waals surface area (Å²) < 4.78 is 0. The fourth-order valence-corrected chi connectivity index (χ4v) is 2.49. The summed E-state index contributed by atoms with van der Waals surface area (Å²) >= 11 is 0. The number of anilines is 1. The molecule has 1 heterocycles. The number of rotatable bonds is 3. The molecule has 2 rings (SSSR count). The molecule has 1 saturated heterocycles. The largest absolute Gasteiger partial charge is 0.385 e. The standard InChI is InChI=1S/C15H24N2/c1-11-8-13(3)15(9-12(11)2)17-10-14-4-6-16-7-5-14/h8-9,14,16-17H,4-7,10H2,1-3H3. The van der Waals surface area contributed by atoms with Crippen LogP contribution in [0.5, 0.6) is 0 Å². The summed E-state index contributed by atoms with van der Waals surface area (Å²) in [6.45, 7) is 10.0. The average Bonchev–Trinajstić information content (AvgIpc) is 2.33. The molecule has 0 radical (unpaired) electrons. The van der Waals surface area contributed by atoms with Crippen molar-refractivity contribution in [3.05, 3.63) is 28.8 Å². The number of hydrogen-bond acceptors (Lipinski definition) is 2. The lowest BCUT2D eigenvalue weighted by molar-refractivity contribution is 0.390. The molecule has 0 aliphatic carbocycles. The van der Waals surface area contributed by atoms with Gasteiger partial charge in [-0.3, -0.25) is 0 Å². The molecule has 2 N–H and O–H groups in total. The molecule has 0 atom stereocenters. The zero-order chi connectivity index (χ0) is 12.3. The summed E-state index contributed by atoms with van der Waals surface area (Å²) in [6, 6.07) is 4.56. The second kappa shape index (κ2) is 5.54. The van der Waals surface area contributed by atoms with Crippen LogP contribution in [0.1, 0.15) is 29.5 Å². The van der Waals surface area contributed by atoms with Gasteiger partial charge in [-0.25, -0.2) is 0 Å². The van der Waals surface area contributed by atoms with Gasteiger partial charge in [-0.1, -0.05) is 6.07 Å². The van der Waals surface area contributed by atoms with E-state index in [1.54, 1.807) is 0 Å². The predicted molar refractivity (Wildman–Crippen MR) is 74.7 cm³/mol. The highest BCUT2D eigenvalue weighted by atomic mass is 14.9. The quantitative estimate of drug-likeness (QED) is 0.837. The number of benzene rings is 1. The van der Waals surface area contributed by atoms with Crippen molar-refractivity contribution in [2.45, 2.75) is 33.6 Å². The molecule has 0 aromatic heterocycles. The molecule has 0 bridgehead atoms. The third-order valence-electron chi connectivity index (χ3n) is 3.88. The maximum Gasteiger partial charge on any atom is 0.0372 e. The first kappa shape index (κ1) is 12.4. The van der Waals surface area contributed by atoms with Crippen molar-refractivity contribution in [2.24, 2.45) is 5.92 Å². The van der Waals surface area contributed by atoms with Gasteiger partial charge in [0.05, 0.1) is 0 Å². The zero-order valence-electron chi connectivity index (χ0n) is 11.3. The SMILES string of the molecule is Cc1cc(C)c(NCC2CCNCC2)cc1C. The van der Waals surface area contributed by atoms with Crippen LogP contribution in [0.3, 0.4) is 0 Å². The van der Waals surface area contributed by atoms with E-state index >= 15 is 0 Å². The zero-order valence-corrected chi connectivity index (χ0v) is 11.3. The molecule has 0 spiro atoms. The first-order valence-electron chi connectivity index (χ1n) is 6.69. The summed E-state index contributed by atoms with van der Waals surface area (Å²) in [5, 5.41) is 7.04. The summed E-state index contributed by atoms with van der Waals surface area (Å²) in [5.41, 5.74) is 5.44. The molecule has 2 heteroatoms. The van der Waals surface area contributed by atoms with E-state index in [2.05, 4.69) is 43.5 Å². The second-order valence-corrected chi connectivity index (χ2v) is 5.33. The van der Waals surface area contributed by atoms with Gasteiger partial charge in [-0.2, -0.15) is 0 Å². The second-order valence-electron chi connectivity index (χ2n) is 5.33. The van der Waals surface area contributed by atoms with Crippen LogP contribution in [-0.4, -0.2) is 19.6 Å². The number of aryl methyl sites for hydroxylation is 3. The van der Waals surface area contributed by atoms with E-state index in [0.717, 1.165) is 12.5 Å². The van der Waals surface area contributed by atoms with Crippen LogP contribution in [0.15, 0.2) is 12.1 Å². The Hall–Kier alpha value is -1.02. The van der Waals surface area contributed by atoms with Crippen LogP contribution < -0.4 is 10.6 Å². The molecule has 2 nitrogen and oxygen atoms in total. The van der Waals surface area contributed by atoms with E-state index in [1.165, 1.54) is 48.3 Å². The maximum atomic E-state index is 3.62. The Kier molecular flexibility index (Phi) is 4.06. The van der Waals surface area contributed by atoms with Crippen molar-refractivity contribution in [3.63, 3.8) is 0 Å². The first-order valence-corrected chi connectivity index (χ1v) is 6.69. The highest BCUT2D eigenvalue weighted by Crippen LogP contribution is 2.21. The molecular weight excluding hydrogens is 208 g/mol. The normalized spacial score (nSPS) is 17.1. The summed E-state index contributed by atoms with van der Waals surface area (Å²) in [7, 11) is 0. The Morgan fingerprint density at radius 3 is 2.41 bits per heavy atom. The van der Waals surface area contributed by atoms with E-state index in [9.17, 15) is 0 Å². The Labute approximate surface area is 105 Å². The van der Waals surface area contributed by atoms with E-state index in [1.807, 2.05) is 0 Å². The van der Waals surface area contributed by atoms with Crippen molar-refractivity contribution in [2.75, 3.05) is 25.0 Å². The minimum atomic E-state index is 0.831. The highest BCUT2D eigenvalue weighted by molar-refractivity contribution is 5.54. The fraction of sp³-hybridized carbons (Fsp3) is 0.600. The molecule has 1 aromatic carbocycles. The summed E-state index contributed by atoms with van der Waals surface area (Å²) in [4.78, 5) is 0. The smallest absolute Gasteiger partial charge is 0.0372 e. The maximum absolute atomic E-state index is 3.62. The predicted octanol–water partition coefficient (Wildman–Crippen LogP) is 3.02. The van der Waals surface area contributed by atoms with Crippen LogP contribution in [0.4, 0.5) is 5.69 Å². The number of piperidine rings is 1. The van der Waals surface area contributed by atoms with Gasteiger partial charge in [0.25, 0.3) is 0 Å². The van der Waals surface area contributed by atoms with Gasteiger partial charge in [0.1, 0.15) is 0 Å². The lowest BCUT2D eigenvalue weighted by atomic mass is 9.97. The van der Waals surface area contributed by atoms with E-state index in [-0.39, 0.29) is 0 Å². The minimum Gasteiger partial charge on any atom is -0.385 e.